The number of aliphatic hydroxyl groups excluding tert-OH is 3. The Kier molecular flexibility index (Phi) is 11.3. The van der Waals surface area contributed by atoms with Crippen LogP contribution in [0.3, 0.4) is 0 Å². The summed E-state index contributed by atoms with van der Waals surface area (Å²) in [5.41, 5.74) is 5.91. The van der Waals surface area contributed by atoms with E-state index in [2.05, 4.69) is 0 Å². The molecule has 8 nitrogen and oxygen atoms in total. The highest BCUT2D eigenvalue weighted by molar-refractivity contribution is 7.87. The Labute approximate surface area is 179 Å². The zero-order valence-electron chi connectivity index (χ0n) is 16.7. The molecule has 0 fully saturated rings. The van der Waals surface area contributed by atoms with E-state index in [0.717, 1.165) is 11.3 Å². The number of hydrogen-bond donors (Lipinski definition) is 4. The van der Waals surface area contributed by atoms with Crippen molar-refractivity contribution >= 4 is 29.3 Å². The molecule has 29 heavy (non-hydrogen) atoms. The van der Waals surface area contributed by atoms with Gasteiger partial charge in [0.05, 0.1) is 25.4 Å². The second kappa shape index (κ2) is 12.0. The Hall–Kier alpha value is -1.82. The van der Waals surface area contributed by atoms with Crippen LogP contribution in [-0.4, -0.2) is 63.2 Å². The van der Waals surface area contributed by atoms with Gasteiger partial charge in [-0.05, 0) is 43.3 Å². The van der Waals surface area contributed by atoms with Crippen LogP contribution in [-0.2, 0) is 10.1 Å². The third-order valence-corrected chi connectivity index (χ3v) is 5.07. The summed E-state index contributed by atoms with van der Waals surface area (Å²) in [6.45, 7) is 0.692. The number of benzene rings is 2. The SMILES string of the molecule is Cc1ccc(S(=O)(=O)Oc2ccc(N(C)C)cc2)cc1.NC(CO)(CO)CO.S. The van der Waals surface area contributed by atoms with E-state index in [0.29, 0.717) is 5.75 Å². The molecule has 10 heteroatoms. The van der Waals surface area contributed by atoms with Crippen LogP contribution in [0.1, 0.15) is 5.56 Å². The number of hydrogen-bond acceptors (Lipinski definition) is 8. The van der Waals surface area contributed by atoms with Gasteiger partial charge in [-0.1, -0.05) is 17.7 Å². The van der Waals surface area contributed by atoms with E-state index >= 15 is 0 Å². The molecule has 0 bridgehead atoms. The van der Waals surface area contributed by atoms with Crippen molar-refractivity contribution in [1.82, 2.24) is 0 Å². The highest BCUT2D eigenvalue weighted by Gasteiger charge is 2.20. The van der Waals surface area contributed by atoms with Crippen LogP contribution in [0.25, 0.3) is 0 Å². The number of anilines is 1. The Morgan fingerprint density at radius 3 is 1.72 bits per heavy atom. The zero-order chi connectivity index (χ0) is 21.4. The van der Waals surface area contributed by atoms with Crippen LogP contribution in [0.5, 0.6) is 5.75 Å². The summed E-state index contributed by atoms with van der Waals surface area (Å²) in [6, 6.07) is 13.5. The molecule has 0 aliphatic heterocycles. The van der Waals surface area contributed by atoms with Gasteiger partial charge in [-0.2, -0.15) is 21.9 Å². The first kappa shape index (κ1) is 27.2. The summed E-state index contributed by atoms with van der Waals surface area (Å²) in [4.78, 5) is 2.08. The minimum atomic E-state index is -3.78. The first-order chi connectivity index (χ1) is 13.1. The average Bonchev–Trinajstić information content (AvgIpc) is 2.68. The smallest absolute Gasteiger partial charge is 0.339 e. The molecular formula is C19H30N2O6S2. The summed E-state index contributed by atoms with van der Waals surface area (Å²) in [5, 5.41) is 25.0. The van der Waals surface area contributed by atoms with Crippen LogP contribution in [0.2, 0.25) is 0 Å². The predicted molar refractivity (Wildman–Crippen MR) is 118 cm³/mol. The maximum atomic E-state index is 12.1. The van der Waals surface area contributed by atoms with Crippen LogP contribution in [0.15, 0.2) is 53.4 Å². The van der Waals surface area contributed by atoms with Crippen molar-refractivity contribution in [2.45, 2.75) is 17.4 Å². The van der Waals surface area contributed by atoms with Crippen molar-refractivity contribution in [1.29, 1.82) is 0 Å². The fourth-order valence-corrected chi connectivity index (χ4v) is 2.76. The molecule has 0 aromatic heterocycles. The van der Waals surface area contributed by atoms with Crippen molar-refractivity contribution in [2.24, 2.45) is 5.73 Å². The largest absolute Gasteiger partial charge is 0.394 e. The van der Waals surface area contributed by atoms with Gasteiger partial charge < -0.3 is 30.1 Å². The molecule has 0 aliphatic carbocycles. The van der Waals surface area contributed by atoms with Gasteiger partial charge in [-0.15, -0.1) is 0 Å². The Morgan fingerprint density at radius 1 is 0.931 bits per heavy atom. The molecule has 2 aromatic rings. The van der Waals surface area contributed by atoms with Crippen molar-refractivity contribution in [3.63, 3.8) is 0 Å². The third-order valence-electron chi connectivity index (χ3n) is 3.81. The molecular weight excluding hydrogens is 416 g/mol. The molecule has 164 valence electrons. The van der Waals surface area contributed by atoms with E-state index in [1.807, 2.05) is 25.9 Å². The van der Waals surface area contributed by atoms with E-state index < -0.39 is 35.5 Å². The molecule has 0 atom stereocenters. The van der Waals surface area contributed by atoms with Crippen LogP contribution in [0.4, 0.5) is 5.69 Å². The predicted octanol–water partition coefficient (Wildman–Crippen LogP) is 0.602. The molecule has 0 unspecified atom stereocenters. The minimum absolute atomic E-state index is 0. The van der Waals surface area contributed by atoms with E-state index in [1.165, 1.54) is 0 Å². The number of aliphatic hydroxyl groups is 3. The van der Waals surface area contributed by atoms with Crippen LogP contribution < -0.4 is 14.8 Å². The van der Waals surface area contributed by atoms with Crippen LogP contribution >= 0.6 is 13.5 Å². The average molecular weight is 447 g/mol. The molecule has 2 aromatic carbocycles. The van der Waals surface area contributed by atoms with E-state index in [4.69, 9.17) is 25.2 Å². The fourth-order valence-electron chi connectivity index (χ4n) is 1.83. The van der Waals surface area contributed by atoms with Gasteiger partial charge in [0.2, 0.25) is 0 Å². The van der Waals surface area contributed by atoms with Gasteiger partial charge in [-0.25, -0.2) is 0 Å². The molecule has 0 spiro atoms. The van der Waals surface area contributed by atoms with Gasteiger partial charge in [0.1, 0.15) is 10.6 Å². The number of nitrogens with two attached hydrogens (primary N) is 1. The van der Waals surface area contributed by atoms with E-state index in [1.54, 1.807) is 48.5 Å². The van der Waals surface area contributed by atoms with Crippen molar-refractivity contribution in [2.75, 3.05) is 38.8 Å². The van der Waals surface area contributed by atoms with Crippen molar-refractivity contribution in [3.05, 3.63) is 54.1 Å². The monoisotopic (exact) mass is 446 g/mol. The fraction of sp³-hybridized carbons (Fsp3) is 0.368. The lowest BCUT2D eigenvalue weighted by molar-refractivity contribution is 0.0697. The maximum absolute atomic E-state index is 12.1. The summed E-state index contributed by atoms with van der Waals surface area (Å²) >= 11 is 0. The normalized spacial score (nSPS) is 11.0. The molecule has 0 saturated carbocycles. The second-order valence-corrected chi connectivity index (χ2v) is 8.12. The molecule has 2 rings (SSSR count). The molecule has 0 saturated heterocycles. The highest BCUT2D eigenvalue weighted by Crippen LogP contribution is 2.22. The second-order valence-electron chi connectivity index (χ2n) is 6.58. The van der Waals surface area contributed by atoms with Crippen molar-refractivity contribution in [3.8, 4) is 5.75 Å². The quantitative estimate of drug-likeness (QED) is 0.455. The van der Waals surface area contributed by atoms with Gasteiger partial charge in [0.25, 0.3) is 0 Å². The lowest BCUT2D eigenvalue weighted by atomic mass is 10.1. The third kappa shape index (κ3) is 8.60. The summed E-state index contributed by atoms with van der Waals surface area (Å²) < 4.78 is 29.3. The van der Waals surface area contributed by atoms with Gasteiger partial charge in [-0.3, -0.25) is 0 Å². The Balaban J connectivity index is 0.000000747. The minimum Gasteiger partial charge on any atom is -0.394 e. The summed E-state index contributed by atoms with van der Waals surface area (Å²) in [7, 11) is 0.0544. The summed E-state index contributed by atoms with van der Waals surface area (Å²) in [6.07, 6.45) is 0. The summed E-state index contributed by atoms with van der Waals surface area (Å²) in [5.74, 6) is 0.302. The number of aryl methyl sites for hydroxylation is 1. The molecule has 0 amide bonds. The Bertz CT molecular complexity index is 813. The highest BCUT2D eigenvalue weighted by atomic mass is 32.2. The molecule has 5 N–H and O–H groups in total. The number of nitrogens with zero attached hydrogens (tertiary/aromatic N) is 1. The van der Waals surface area contributed by atoms with Crippen LogP contribution in [0, 0.1) is 6.92 Å². The van der Waals surface area contributed by atoms with Gasteiger partial charge >= 0.3 is 10.1 Å². The topological polar surface area (TPSA) is 133 Å². The lowest BCUT2D eigenvalue weighted by Crippen LogP contribution is -2.50. The van der Waals surface area contributed by atoms with E-state index in [9.17, 15) is 8.42 Å². The van der Waals surface area contributed by atoms with Crippen molar-refractivity contribution < 1.29 is 27.9 Å². The maximum Gasteiger partial charge on any atom is 0.339 e. The zero-order valence-corrected chi connectivity index (χ0v) is 18.6. The molecule has 0 aliphatic rings. The Morgan fingerprint density at radius 2 is 1.38 bits per heavy atom. The first-order valence-electron chi connectivity index (χ1n) is 8.47. The number of rotatable bonds is 7. The molecule has 0 radical (unpaired) electrons. The first-order valence-corrected chi connectivity index (χ1v) is 9.88. The standard InChI is InChI=1S/C15H17NO3S.C4H11NO3.H2S/c1-12-4-10-15(11-5-12)20(17,18)19-14-8-6-13(7-9-14)16(2)3;5-4(1-6,2-7)3-8;/h4-11H,1-3H3;6-8H,1-3,5H2;1H2. The molecule has 0 heterocycles. The lowest BCUT2D eigenvalue weighted by Gasteiger charge is -2.20. The van der Waals surface area contributed by atoms with E-state index in [-0.39, 0.29) is 18.4 Å². The van der Waals surface area contributed by atoms with Gasteiger partial charge in [0.15, 0.2) is 0 Å². The van der Waals surface area contributed by atoms with Gasteiger partial charge in [0, 0.05) is 19.8 Å².